The third-order valence-corrected chi connectivity index (χ3v) is 5.64. The molecule has 8 nitrogen and oxygen atoms in total. The van der Waals surface area contributed by atoms with Crippen molar-refractivity contribution < 1.29 is 30.5 Å². The average Bonchev–Trinajstić information content (AvgIpc) is 2.65. The van der Waals surface area contributed by atoms with Crippen molar-refractivity contribution in [1.82, 2.24) is 4.72 Å². The highest BCUT2D eigenvalue weighted by atomic mass is 32.2. The smallest absolute Gasteiger partial charge is 0.264 e. The van der Waals surface area contributed by atoms with Gasteiger partial charge in [0.15, 0.2) is 0 Å². The minimum atomic E-state index is -3.59. The van der Waals surface area contributed by atoms with Crippen molar-refractivity contribution in [2.45, 2.75) is 18.9 Å². The van der Waals surface area contributed by atoms with Gasteiger partial charge in [0.25, 0.3) is 10.1 Å². The first-order valence-electron chi connectivity index (χ1n) is 8.22. The molecule has 28 heavy (non-hydrogen) atoms. The van der Waals surface area contributed by atoms with Crippen molar-refractivity contribution >= 4 is 20.1 Å². The Balaban J connectivity index is 1.98. The summed E-state index contributed by atoms with van der Waals surface area (Å²) in [7, 11) is -4.08. The third kappa shape index (κ3) is 7.12. The lowest BCUT2D eigenvalue weighted by molar-refractivity contribution is 0.311. The number of benzene rings is 2. The van der Waals surface area contributed by atoms with Gasteiger partial charge in [0.1, 0.15) is 11.5 Å². The molecule has 0 unspecified atom stereocenters. The monoisotopic (exact) mass is 429 g/mol. The van der Waals surface area contributed by atoms with Crippen molar-refractivity contribution in [2.24, 2.45) is 0 Å². The van der Waals surface area contributed by atoms with E-state index < -0.39 is 20.1 Å². The van der Waals surface area contributed by atoms with Crippen LogP contribution in [0.4, 0.5) is 0 Å². The van der Waals surface area contributed by atoms with Crippen molar-refractivity contribution in [2.75, 3.05) is 20.5 Å². The standard InChI is InChI=1S/C18H23NO7S2/c1-24-17-9-8-16(18(10-17)25-2)11-19-28(22,23)13-15-6-4-14(5-7-15)12-26-27(3,20)21/h4-10,19H,11-13H2,1-3H3. The lowest BCUT2D eigenvalue weighted by Gasteiger charge is -2.12. The second kappa shape index (κ2) is 9.37. The highest BCUT2D eigenvalue weighted by Gasteiger charge is 2.14. The number of nitrogens with one attached hydrogen (secondary N) is 1. The van der Waals surface area contributed by atoms with Crippen LogP contribution >= 0.6 is 0 Å². The van der Waals surface area contributed by atoms with Gasteiger partial charge in [0.05, 0.1) is 32.8 Å². The van der Waals surface area contributed by atoms with Crippen LogP contribution in [-0.2, 0) is 43.2 Å². The highest BCUT2D eigenvalue weighted by molar-refractivity contribution is 7.88. The Morgan fingerprint density at radius 2 is 1.54 bits per heavy atom. The van der Waals surface area contributed by atoms with Crippen LogP contribution < -0.4 is 14.2 Å². The molecule has 0 aliphatic carbocycles. The molecule has 154 valence electrons. The third-order valence-electron chi connectivity index (χ3n) is 3.80. The van der Waals surface area contributed by atoms with Crippen LogP contribution in [0.3, 0.4) is 0 Å². The second-order valence-corrected chi connectivity index (χ2v) is 9.49. The molecule has 0 aliphatic rings. The number of sulfonamides is 1. The van der Waals surface area contributed by atoms with Gasteiger partial charge in [-0.25, -0.2) is 13.1 Å². The van der Waals surface area contributed by atoms with Crippen LogP contribution in [0.15, 0.2) is 42.5 Å². The normalized spacial score (nSPS) is 12.0. The number of hydrogen-bond donors (Lipinski definition) is 1. The largest absolute Gasteiger partial charge is 0.497 e. The Bertz CT molecular complexity index is 1000. The van der Waals surface area contributed by atoms with Crippen LogP contribution in [0.25, 0.3) is 0 Å². The van der Waals surface area contributed by atoms with Crippen molar-refractivity contribution in [1.29, 1.82) is 0 Å². The predicted octanol–water partition coefficient (Wildman–Crippen LogP) is 1.80. The number of rotatable bonds is 10. The molecule has 0 heterocycles. The fourth-order valence-corrected chi connectivity index (χ4v) is 3.82. The molecule has 2 aromatic rings. The maximum absolute atomic E-state index is 12.4. The van der Waals surface area contributed by atoms with E-state index in [1.165, 1.54) is 14.2 Å². The number of methoxy groups -OCH3 is 2. The van der Waals surface area contributed by atoms with Gasteiger partial charge >= 0.3 is 0 Å². The lowest BCUT2D eigenvalue weighted by atomic mass is 10.2. The maximum Gasteiger partial charge on any atom is 0.264 e. The minimum absolute atomic E-state index is 0.0792. The molecule has 0 spiro atoms. The molecular weight excluding hydrogens is 406 g/mol. The summed E-state index contributed by atoms with van der Waals surface area (Å²) in [5.41, 5.74) is 1.87. The van der Waals surface area contributed by atoms with Crippen LogP contribution in [0.2, 0.25) is 0 Å². The molecule has 0 fully saturated rings. The van der Waals surface area contributed by atoms with Gasteiger partial charge in [0, 0.05) is 18.2 Å². The molecule has 0 aliphatic heterocycles. The van der Waals surface area contributed by atoms with E-state index in [0.717, 1.165) is 6.26 Å². The Morgan fingerprint density at radius 1 is 0.893 bits per heavy atom. The van der Waals surface area contributed by atoms with Gasteiger partial charge in [-0.2, -0.15) is 8.42 Å². The van der Waals surface area contributed by atoms with Crippen LogP contribution in [0.1, 0.15) is 16.7 Å². The number of hydrogen-bond acceptors (Lipinski definition) is 7. The van der Waals surface area contributed by atoms with Gasteiger partial charge in [-0.3, -0.25) is 4.18 Å². The number of ether oxygens (including phenoxy) is 2. The molecule has 0 saturated heterocycles. The summed E-state index contributed by atoms with van der Waals surface area (Å²) in [6.07, 6.45) is 0.970. The summed E-state index contributed by atoms with van der Waals surface area (Å²) in [5, 5.41) is 0. The predicted molar refractivity (Wildman–Crippen MR) is 105 cm³/mol. The Morgan fingerprint density at radius 3 is 2.11 bits per heavy atom. The molecule has 0 saturated carbocycles. The van der Waals surface area contributed by atoms with E-state index in [9.17, 15) is 16.8 Å². The SMILES string of the molecule is COc1ccc(CNS(=O)(=O)Cc2ccc(COS(C)(=O)=O)cc2)c(OC)c1. The van der Waals surface area contributed by atoms with E-state index in [1.54, 1.807) is 42.5 Å². The first-order valence-corrected chi connectivity index (χ1v) is 11.7. The molecule has 0 atom stereocenters. The molecule has 10 heteroatoms. The molecule has 0 aromatic heterocycles. The van der Waals surface area contributed by atoms with E-state index in [2.05, 4.69) is 4.72 Å². The zero-order chi connectivity index (χ0) is 20.8. The lowest BCUT2D eigenvalue weighted by Crippen LogP contribution is -2.25. The van der Waals surface area contributed by atoms with Crippen LogP contribution in [0, 0.1) is 0 Å². The van der Waals surface area contributed by atoms with Gasteiger partial charge in [-0.1, -0.05) is 30.3 Å². The summed E-state index contributed by atoms with van der Waals surface area (Å²) in [4.78, 5) is 0. The zero-order valence-electron chi connectivity index (χ0n) is 15.8. The van der Waals surface area contributed by atoms with Gasteiger partial charge in [-0.15, -0.1) is 0 Å². The van der Waals surface area contributed by atoms with E-state index in [-0.39, 0.29) is 18.9 Å². The summed E-state index contributed by atoms with van der Waals surface area (Å²) in [6, 6.07) is 11.6. The van der Waals surface area contributed by atoms with Crippen LogP contribution in [-0.4, -0.2) is 37.3 Å². The topological polar surface area (TPSA) is 108 Å². The van der Waals surface area contributed by atoms with Crippen LogP contribution in [0.5, 0.6) is 11.5 Å². The van der Waals surface area contributed by atoms with Crippen molar-refractivity contribution in [3.8, 4) is 11.5 Å². The van der Waals surface area contributed by atoms with E-state index in [1.807, 2.05) is 0 Å². The summed E-state index contributed by atoms with van der Waals surface area (Å²) < 4.78 is 64.4. The fraction of sp³-hybridized carbons (Fsp3) is 0.333. The summed E-state index contributed by atoms with van der Waals surface area (Å²) >= 11 is 0. The summed E-state index contributed by atoms with van der Waals surface area (Å²) in [6.45, 7) is -0.0167. The summed E-state index contributed by atoms with van der Waals surface area (Å²) in [5.74, 6) is 0.930. The van der Waals surface area contributed by atoms with Gasteiger partial charge in [-0.05, 0) is 17.2 Å². The first-order chi connectivity index (χ1) is 13.1. The average molecular weight is 430 g/mol. The van der Waals surface area contributed by atoms with E-state index in [0.29, 0.717) is 28.2 Å². The fourth-order valence-electron chi connectivity index (χ4n) is 2.36. The van der Waals surface area contributed by atoms with Crippen molar-refractivity contribution in [3.63, 3.8) is 0 Å². The Kier molecular flexibility index (Phi) is 7.41. The molecule has 0 bridgehead atoms. The molecule has 2 aromatic carbocycles. The first kappa shape index (κ1) is 22.2. The quantitative estimate of drug-likeness (QED) is 0.574. The highest BCUT2D eigenvalue weighted by Crippen LogP contribution is 2.24. The molecule has 0 radical (unpaired) electrons. The van der Waals surface area contributed by atoms with E-state index in [4.69, 9.17) is 13.7 Å². The zero-order valence-corrected chi connectivity index (χ0v) is 17.5. The Labute approximate surface area is 165 Å². The molecular formula is C18H23NO7S2. The van der Waals surface area contributed by atoms with E-state index >= 15 is 0 Å². The van der Waals surface area contributed by atoms with Gasteiger partial charge < -0.3 is 9.47 Å². The maximum atomic E-state index is 12.4. The second-order valence-electron chi connectivity index (χ2n) is 6.04. The molecule has 0 amide bonds. The molecule has 1 N–H and O–H groups in total. The van der Waals surface area contributed by atoms with Crippen molar-refractivity contribution in [3.05, 3.63) is 59.2 Å². The minimum Gasteiger partial charge on any atom is -0.497 e. The molecule has 2 rings (SSSR count). The van der Waals surface area contributed by atoms with Gasteiger partial charge in [0.2, 0.25) is 10.0 Å². The Hall–Kier alpha value is -2.14.